The second-order valence-electron chi connectivity index (χ2n) is 5.17. The van der Waals surface area contributed by atoms with E-state index in [0.717, 1.165) is 5.56 Å². The standard InChI is InChI=1S/C18H20N2O4S/c1-11-5-6-12(17(21)24-4)9-15(11)20-18(25)19-14-8-7-13(22-2)10-16(14)23-3/h5-10H,1-4H3,(H2,19,20,25). The van der Waals surface area contributed by atoms with Gasteiger partial charge in [0.25, 0.3) is 0 Å². The summed E-state index contributed by atoms with van der Waals surface area (Å²) in [5, 5.41) is 6.53. The number of ether oxygens (including phenoxy) is 3. The topological polar surface area (TPSA) is 68.8 Å². The lowest BCUT2D eigenvalue weighted by atomic mass is 10.1. The Labute approximate surface area is 152 Å². The first-order chi connectivity index (χ1) is 12.0. The first kappa shape index (κ1) is 18.5. The monoisotopic (exact) mass is 360 g/mol. The van der Waals surface area contributed by atoms with Crippen LogP contribution >= 0.6 is 12.2 Å². The second kappa shape index (κ2) is 8.34. The van der Waals surface area contributed by atoms with E-state index in [1.807, 2.05) is 19.1 Å². The highest BCUT2D eigenvalue weighted by atomic mass is 32.1. The molecule has 132 valence electrons. The van der Waals surface area contributed by atoms with Gasteiger partial charge in [-0.15, -0.1) is 0 Å². The van der Waals surface area contributed by atoms with E-state index in [9.17, 15) is 4.79 Å². The van der Waals surface area contributed by atoms with Crippen molar-refractivity contribution < 1.29 is 19.0 Å². The van der Waals surface area contributed by atoms with Gasteiger partial charge < -0.3 is 24.8 Å². The van der Waals surface area contributed by atoms with Crippen LogP contribution in [0.2, 0.25) is 0 Å². The minimum atomic E-state index is -0.404. The van der Waals surface area contributed by atoms with E-state index in [4.69, 9.17) is 26.4 Å². The van der Waals surface area contributed by atoms with Crippen LogP contribution in [0.5, 0.6) is 11.5 Å². The van der Waals surface area contributed by atoms with Gasteiger partial charge >= 0.3 is 5.97 Å². The van der Waals surface area contributed by atoms with Crippen LogP contribution in [0.4, 0.5) is 11.4 Å². The van der Waals surface area contributed by atoms with Crippen LogP contribution in [0, 0.1) is 6.92 Å². The molecule has 0 spiro atoms. The molecule has 0 aliphatic rings. The van der Waals surface area contributed by atoms with Crippen LogP contribution in [-0.2, 0) is 4.74 Å². The van der Waals surface area contributed by atoms with Gasteiger partial charge in [0.2, 0.25) is 0 Å². The summed E-state index contributed by atoms with van der Waals surface area (Å²) in [4.78, 5) is 11.7. The van der Waals surface area contributed by atoms with Gasteiger partial charge in [0.15, 0.2) is 5.11 Å². The molecule has 0 aliphatic heterocycles. The lowest BCUT2D eigenvalue weighted by Crippen LogP contribution is -2.20. The Balaban J connectivity index is 2.17. The molecule has 0 amide bonds. The number of nitrogens with one attached hydrogen (secondary N) is 2. The smallest absolute Gasteiger partial charge is 0.337 e. The van der Waals surface area contributed by atoms with Crippen LogP contribution in [0.15, 0.2) is 36.4 Å². The molecular formula is C18H20N2O4S. The Hall–Kier alpha value is -2.80. The number of hydrogen-bond acceptors (Lipinski definition) is 5. The lowest BCUT2D eigenvalue weighted by molar-refractivity contribution is 0.0601. The Morgan fingerprint density at radius 2 is 1.68 bits per heavy atom. The van der Waals surface area contributed by atoms with Gasteiger partial charge in [-0.3, -0.25) is 0 Å². The van der Waals surface area contributed by atoms with Crippen molar-refractivity contribution in [2.45, 2.75) is 6.92 Å². The number of methoxy groups -OCH3 is 3. The number of aryl methyl sites for hydroxylation is 1. The third kappa shape index (κ3) is 4.60. The summed E-state index contributed by atoms with van der Waals surface area (Å²) in [6.07, 6.45) is 0. The van der Waals surface area contributed by atoms with Crippen molar-refractivity contribution in [2.75, 3.05) is 32.0 Å². The molecule has 7 heteroatoms. The Bertz CT molecular complexity index is 793. The minimum absolute atomic E-state index is 0.369. The molecule has 0 saturated carbocycles. The zero-order chi connectivity index (χ0) is 18.4. The van der Waals surface area contributed by atoms with Crippen LogP contribution in [0.3, 0.4) is 0 Å². The molecule has 25 heavy (non-hydrogen) atoms. The number of hydrogen-bond donors (Lipinski definition) is 2. The molecule has 0 aromatic heterocycles. The quantitative estimate of drug-likeness (QED) is 0.623. The molecule has 0 bridgehead atoms. The largest absolute Gasteiger partial charge is 0.497 e. The number of rotatable bonds is 5. The fraction of sp³-hybridized carbons (Fsp3) is 0.222. The Morgan fingerprint density at radius 3 is 2.32 bits per heavy atom. The molecule has 2 rings (SSSR count). The third-order valence-corrected chi connectivity index (χ3v) is 3.77. The second-order valence-corrected chi connectivity index (χ2v) is 5.57. The average molecular weight is 360 g/mol. The number of thiocarbonyl (C=S) groups is 1. The Morgan fingerprint density at radius 1 is 0.960 bits per heavy atom. The molecule has 0 unspecified atom stereocenters. The summed E-state index contributed by atoms with van der Waals surface area (Å²) in [5.74, 6) is 0.880. The lowest BCUT2D eigenvalue weighted by Gasteiger charge is -2.16. The number of anilines is 2. The molecular weight excluding hydrogens is 340 g/mol. The van der Waals surface area contributed by atoms with Crippen molar-refractivity contribution in [3.63, 3.8) is 0 Å². The SMILES string of the molecule is COC(=O)c1ccc(C)c(NC(=S)Nc2ccc(OC)cc2OC)c1. The zero-order valence-electron chi connectivity index (χ0n) is 14.5. The third-order valence-electron chi connectivity index (χ3n) is 3.56. The highest BCUT2D eigenvalue weighted by molar-refractivity contribution is 7.80. The summed E-state index contributed by atoms with van der Waals surface area (Å²) in [5.41, 5.74) is 2.80. The molecule has 0 fully saturated rings. The summed E-state index contributed by atoms with van der Waals surface area (Å²) >= 11 is 5.36. The van der Waals surface area contributed by atoms with Crippen molar-refractivity contribution in [3.8, 4) is 11.5 Å². The molecule has 0 heterocycles. The van der Waals surface area contributed by atoms with E-state index in [-0.39, 0.29) is 0 Å². The van der Waals surface area contributed by atoms with Gasteiger partial charge in [0, 0.05) is 11.8 Å². The van der Waals surface area contributed by atoms with E-state index >= 15 is 0 Å². The van der Waals surface area contributed by atoms with E-state index < -0.39 is 5.97 Å². The summed E-state index contributed by atoms with van der Waals surface area (Å²) < 4.78 is 15.3. The summed E-state index contributed by atoms with van der Waals surface area (Å²) in [6.45, 7) is 1.92. The minimum Gasteiger partial charge on any atom is -0.497 e. The first-order valence-electron chi connectivity index (χ1n) is 7.47. The van der Waals surface area contributed by atoms with Crippen LogP contribution in [0.25, 0.3) is 0 Å². The number of benzene rings is 2. The van der Waals surface area contributed by atoms with Gasteiger partial charge in [-0.05, 0) is 49.0 Å². The molecule has 0 aliphatic carbocycles. The normalized spacial score (nSPS) is 9.92. The predicted octanol–water partition coefficient (Wildman–Crippen LogP) is 3.61. The number of carbonyl (C=O) groups excluding carboxylic acids is 1. The van der Waals surface area contributed by atoms with Crippen molar-refractivity contribution in [1.29, 1.82) is 0 Å². The van der Waals surface area contributed by atoms with Crippen LogP contribution in [-0.4, -0.2) is 32.4 Å². The van der Waals surface area contributed by atoms with Gasteiger partial charge in [-0.2, -0.15) is 0 Å². The maximum absolute atomic E-state index is 11.7. The maximum Gasteiger partial charge on any atom is 0.337 e. The van der Waals surface area contributed by atoms with Gasteiger partial charge in [0.1, 0.15) is 11.5 Å². The highest BCUT2D eigenvalue weighted by Crippen LogP contribution is 2.29. The molecule has 6 nitrogen and oxygen atoms in total. The molecule has 0 radical (unpaired) electrons. The van der Waals surface area contributed by atoms with E-state index in [2.05, 4.69) is 10.6 Å². The summed E-state index contributed by atoms with van der Waals surface area (Å²) in [7, 11) is 4.50. The van der Waals surface area contributed by atoms with E-state index in [1.165, 1.54) is 7.11 Å². The molecule has 2 aromatic rings. The van der Waals surface area contributed by atoms with Crippen molar-refractivity contribution in [3.05, 3.63) is 47.5 Å². The van der Waals surface area contributed by atoms with Gasteiger partial charge in [0.05, 0.1) is 32.6 Å². The molecule has 2 N–H and O–H groups in total. The number of carbonyl (C=O) groups is 1. The highest BCUT2D eigenvalue weighted by Gasteiger charge is 2.11. The molecule has 0 saturated heterocycles. The van der Waals surface area contributed by atoms with Crippen LogP contribution in [0.1, 0.15) is 15.9 Å². The van der Waals surface area contributed by atoms with Crippen LogP contribution < -0.4 is 20.1 Å². The van der Waals surface area contributed by atoms with Gasteiger partial charge in [-0.25, -0.2) is 4.79 Å². The van der Waals surface area contributed by atoms with Crippen molar-refractivity contribution in [1.82, 2.24) is 0 Å². The average Bonchev–Trinajstić information content (AvgIpc) is 2.63. The first-order valence-corrected chi connectivity index (χ1v) is 7.88. The molecule has 2 aromatic carbocycles. The zero-order valence-corrected chi connectivity index (χ0v) is 15.3. The fourth-order valence-corrected chi connectivity index (χ4v) is 2.40. The Kier molecular flexibility index (Phi) is 6.19. The van der Waals surface area contributed by atoms with Crippen molar-refractivity contribution in [2.24, 2.45) is 0 Å². The molecule has 0 atom stereocenters. The van der Waals surface area contributed by atoms with Gasteiger partial charge in [-0.1, -0.05) is 6.07 Å². The number of esters is 1. The fourth-order valence-electron chi connectivity index (χ4n) is 2.18. The predicted molar refractivity (Wildman–Crippen MR) is 102 cm³/mol. The maximum atomic E-state index is 11.7. The van der Waals surface area contributed by atoms with E-state index in [0.29, 0.717) is 33.5 Å². The van der Waals surface area contributed by atoms with Crippen molar-refractivity contribution >= 4 is 34.7 Å². The van der Waals surface area contributed by atoms with E-state index in [1.54, 1.807) is 38.5 Å². The summed E-state index contributed by atoms with van der Waals surface area (Å²) in [6, 6.07) is 10.6.